The molecule has 4 aliphatic rings. The molecule has 342 valence electrons. The molecule has 0 saturated carbocycles. The van der Waals surface area contributed by atoms with Crippen LogP contribution in [-0.4, -0.2) is 129 Å². The van der Waals surface area contributed by atoms with Gasteiger partial charge in [-0.25, -0.2) is 17.6 Å². The molecular weight excluding hydrogens is 877 g/mol. The first-order valence-corrected chi connectivity index (χ1v) is 21.8. The number of fused-ring (bicyclic) bond motifs is 2. The minimum atomic E-state index is -0.530. The lowest BCUT2D eigenvalue weighted by atomic mass is 9.96. The van der Waals surface area contributed by atoms with Gasteiger partial charge in [0.1, 0.15) is 34.9 Å². The van der Waals surface area contributed by atoms with Gasteiger partial charge >= 0.3 is 0 Å². The number of ether oxygens (including phenoxy) is 2. The topological polar surface area (TPSA) is 144 Å². The van der Waals surface area contributed by atoms with Crippen LogP contribution in [0.3, 0.4) is 0 Å². The first kappa shape index (κ1) is 48.5. The minimum Gasteiger partial charge on any atom is -0.411 e. The summed E-state index contributed by atoms with van der Waals surface area (Å²) in [7, 11) is 0. The number of Topliss-reactive ketones (excluding diaryl/α,β-unsaturated/α-hetero) is 1. The van der Waals surface area contributed by atoms with Crippen LogP contribution in [0.4, 0.5) is 28.9 Å². The van der Waals surface area contributed by atoms with Crippen molar-refractivity contribution in [1.29, 1.82) is 0 Å². The monoisotopic (exact) mass is 927 g/mol. The number of aliphatic hydroxyl groups excluding tert-OH is 1. The number of carbonyl (C=O) groups excluding carboxylic acids is 1. The van der Waals surface area contributed by atoms with Crippen LogP contribution >= 0.6 is 23.2 Å². The number of nitrogens with zero attached hydrogens (tertiary/aromatic N) is 5. The predicted molar refractivity (Wildman–Crippen MR) is 242 cm³/mol. The third kappa shape index (κ3) is 13.1. The van der Waals surface area contributed by atoms with Crippen LogP contribution in [0.1, 0.15) is 45.1 Å². The smallest absolute Gasteiger partial charge is 0.167 e. The molecule has 4 aromatic carbocycles. The number of benzene rings is 4. The zero-order chi connectivity index (χ0) is 45.6. The number of hydrogen-bond donors (Lipinski definition) is 4. The van der Waals surface area contributed by atoms with Gasteiger partial charge in [0, 0.05) is 82.7 Å². The Hall–Kier alpha value is -4.94. The Balaban J connectivity index is 0.000000200. The second-order valence-electron chi connectivity index (χ2n) is 15.2. The van der Waals surface area contributed by atoms with Crippen LogP contribution in [0.15, 0.2) is 75.8 Å². The maximum absolute atomic E-state index is 14.4. The molecule has 0 radical (unpaired) electrons. The van der Waals surface area contributed by atoms with Crippen molar-refractivity contribution in [2.24, 2.45) is 15.1 Å². The second kappa shape index (κ2) is 23.8. The molecule has 4 heterocycles. The van der Waals surface area contributed by atoms with Crippen LogP contribution in [0.2, 0.25) is 10.0 Å². The van der Waals surface area contributed by atoms with E-state index in [2.05, 4.69) is 35.6 Å². The minimum absolute atomic E-state index is 0.00419. The van der Waals surface area contributed by atoms with E-state index in [-0.39, 0.29) is 41.1 Å². The maximum atomic E-state index is 14.4. The first-order valence-electron chi connectivity index (χ1n) is 21.0. The number of oxime groups is 1. The van der Waals surface area contributed by atoms with Gasteiger partial charge in [0.15, 0.2) is 5.78 Å². The van der Waals surface area contributed by atoms with Gasteiger partial charge in [-0.15, -0.1) is 0 Å². The summed E-state index contributed by atoms with van der Waals surface area (Å²) in [6, 6.07) is 14.2. The quantitative estimate of drug-likeness (QED) is 0.0374. The van der Waals surface area contributed by atoms with E-state index in [1.165, 1.54) is 48.5 Å². The van der Waals surface area contributed by atoms with E-state index in [1.54, 1.807) is 19.1 Å². The van der Waals surface area contributed by atoms with Crippen molar-refractivity contribution in [3.8, 4) is 0 Å². The lowest BCUT2D eigenvalue weighted by molar-refractivity contribution is 0.0394. The highest BCUT2D eigenvalue weighted by molar-refractivity contribution is 6.31. The molecule has 18 heteroatoms. The third-order valence-electron chi connectivity index (χ3n) is 10.8. The summed E-state index contributed by atoms with van der Waals surface area (Å²) in [5, 5.41) is 26.7. The molecule has 64 heavy (non-hydrogen) atoms. The van der Waals surface area contributed by atoms with Crippen LogP contribution in [-0.2, 0) is 35.2 Å². The van der Waals surface area contributed by atoms with Crippen LogP contribution in [0.5, 0.6) is 0 Å². The molecule has 0 amide bonds. The standard InChI is InChI=1S/C22H23ClF2N4O2.C22H22ClF2N3O2.C2H6O/c23-17-11-14(1-3-18(17)24)12-20(28-30)15-2-4-19(25)22-16(15)13-21(27-22)26-5-6-29-7-9-31-10-8-29;23-17-11-14(1-3-18(17)24)12-20(29)15-2-4-19(25)22-16(15)13-21(27-22)26-5-6-28-7-9-30-10-8-28;1-2-3/h1-4,11,30H,5-10,12-13H2,(H,26,27);1-4,11H,5-10,12-13H2,(H,26,27);3H,2H2,1H3/b28-20+;;. The van der Waals surface area contributed by atoms with Gasteiger partial charge in [-0.3, -0.25) is 24.6 Å². The number of amidine groups is 2. The number of halogens is 6. The molecule has 8 rings (SSSR count). The Bertz CT molecular complexity index is 2360. The fourth-order valence-corrected chi connectivity index (χ4v) is 7.98. The Morgan fingerprint density at radius 3 is 1.55 bits per heavy atom. The average molecular weight is 929 g/mol. The van der Waals surface area contributed by atoms with Gasteiger partial charge in [0.25, 0.3) is 0 Å². The fourth-order valence-electron chi connectivity index (χ4n) is 7.57. The summed E-state index contributed by atoms with van der Waals surface area (Å²) in [5.41, 5.74) is 4.64. The summed E-state index contributed by atoms with van der Waals surface area (Å²) >= 11 is 11.7. The van der Waals surface area contributed by atoms with Crippen molar-refractivity contribution in [2.75, 3.05) is 96.0 Å². The zero-order valence-electron chi connectivity index (χ0n) is 35.4. The lowest BCUT2D eigenvalue weighted by Crippen LogP contribution is -2.37. The molecule has 0 aromatic heterocycles. The highest BCUT2D eigenvalue weighted by atomic mass is 35.5. The van der Waals surface area contributed by atoms with E-state index in [4.69, 9.17) is 37.8 Å². The number of rotatable bonds is 12. The van der Waals surface area contributed by atoms with Crippen LogP contribution in [0, 0.1) is 23.3 Å². The number of aliphatic hydroxyl groups is 1. The predicted octanol–water partition coefficient (Wildman–Crippen LogP) is 7.48. The SMILES string of the molecule is CCO.O/N=C(\Cc1ccc(F)c(Cl)c1)c1ccc(F)c2c1CC(=NCCN1CCOCC1)N2.O=C(Cc1ccc(F)c(Cl)c1)c1ccc(F)c2c1CC(=NCCN1CCOCC1)N2. The second-order valence-corrected chi connectivity index (χ2v) is 16.0. The van der Waals surface area contributed by atoms with E-state index < -0.39 is 17.5 Å². The number of hydrogen-bond acceptors (Lipinski definition) is 10. The van der Waals surface area contributed by atoms with Gasteiger partial charge < -0.3 is 30.4 Å². The number of ketones is 1. The summed E-state index contributed by atoms with van der Waals surface area (Å²) < 4.78 is 66.3. The van der Waals surface area contributed by atoms with Gasteiger partial charge in [0.2, 0.25) is 0 Å². The molecule has 4 aromatic rings. The number of anilines is 2. The first-order chi connectivity index (χ1) is 31.0. The van der Waals surface area contributed by atoms with Crippen molar-refractivity contribution < 1.29 is 42.1 Å². The van der Waals surface area contributed by atoms with E-state index in [0.717, 1.165) is 65.7 Å². The number of carbonyl (C=O) groups is 1. The largest absolute Gasteiger partial charge is 0.411 e. The molecule has 0 atom stereocenters. The van der Waals surface area contributed by atoms with Crippen LogP contribution in [0.25, 0.3) is 0 Å². The molecule has 0 unspecified atom stereocenters. The molecule has 4 aliphatic heterocycles. The van der Waals surface area contributed by atoms with Gasteiger partial charge in [-0.05, 0) is 77.7 Å². The summed E-state index contributed by atoms with van der Waals surface area (Å²) in [6.45, 7) is 11.2. The van der Waals surface area contributed by atoms with Gasteiger partial charge in [0.05, 0.1) is 66.6 Å². The van der Waals surface area contributed by atoms with Crippen molar-refractivity contribution in [3.63, 3.8) is 0 Å². The number of nitrogens with one attached hydrogen (secondary N) is 2. The molecule has 2 saturated heterocycles. The molecule has 0 bridgehead atoms. The van der Waals surface area contributed by atoms with Crippen LogP contribution < -0.4 is 10.6 Å². The normalized spacial score (nSPS) is 17.5. The zero-order valence-corrected chi connectivity index (χ0v) is 36.9. The summed E-state index contributed by atoms with van der Waals surface area (Å²) in [6.07, 6.45) is 1.07. The van der Waals surface area contributed by atoms with Crippen molar-refractivity contribution >= 4 is 57.7 Å². The van der Waals surface area contributed by atoms with E-state index >= 15 is 0 Å². The molecular formula is C46H51Cl2F4N7O5. The average Bonchev–Trinajstić information content (AvgIpc) is 3.93. The summed E-state index contributed by atoms with van der Waals surface area (Å²) in [4.78, 5) is 26.6. The van der Waals surface area contributed by atoms with Crippen molar-refractivity contribution in [1.82, 2.24) is 9.80 Å². The molecule has 0 spiro atoms. The molecule has 2 fully saturated rings. The highest BCUT2D eigenvalue weighted by Crippen LogP contribution is 2.33. The molecule has 0 aliphatic carbocycles. The number of morpholine rings is 2. The van der Waals surface area contributed by atoms with Crippen molar-refractivity contribution in [2.45, 2.75) is 32.6 Å². The fraction of sp³-hybridized carbons (Fsp3) is 0.391. The van der Waals surface area contributed by atoms with Crippen molar-refractivity contribution in [3.05, 3.63) is 127 Å². The lowest BCUT2D eigenvalue weighted by Gasteiger charge is -2.25. The van der Waals surface area contributed by atoms with E-state index in [0.29, 0.717) is 88.1 Å². The third-order valence-corrected chi connectivity index (χ3v) is 11.4. The Morgan fingerprint density at radius 2 is 1.09 bits per heavy atom. The molecule has 4 N–H and O–H groups in total. The maximum Gasteiger partial charge on any atom is 0.167 e. The Labute approximate surface area is 379 Å². The van der Waals surface area contributed by atoms with Gasteiger partial charge in [-0.1, -0.05) is 40.5 Å². The Kier molecular flexibility index (Phi) is 18.1. The van der Waals surface area contributed by atoms with Gasteiger partial charge in [-0.2, -0.15) is 0 Å². The number of aliphatic imine (C=N–C) groups is 2. The highest BCUT2D eigenvalue weighted by Gasteiger charge is 2.27. The summed E-state index contributed by atoms with van der Waals surface area (Å²) in [5.74, 6) is -0.691. The van der Waals surface area contributed by atoms with E-state index in [1.807, 2.05) is 0 Å². The molecule has 12 nitrogen and oxygen atoms in total. The Morgan fingerprint density at radius 1 is 0.672 bits per heavy atom. The van der Waals surface area contributed by atoms with E-state index in [9.17, 15) is 27.6 Å².